The molecular formula is C13H13N5. The molecule has 3 rings (SSSR count). The molecule has 5 nitrogen and oxygen atoms in total. The van der Waals surface area contributed by atoms with Crippen LogP contribution in [0.25, 0.3) is 0 Å². The smallest absolute Gasteiger partial charge is 0.202 e. The predicted octanol–water partition coefficient (Wildman–Crippen LogP) is 1.51. The first kappa shape index (κ1) is 10.7. The highest BCUT2D eigenvalue weighted by atomic mass is 15.3. The molecule has 1 aliphatic heterocycles. The van der Waals surface area contributed by atoms with Gasteiger partial charge in [0.1, 0.15) is 6.17 Å². The molecule has 2 aromatic rings. The van der Waals surface area contributed by atoms with E-state index in [1.807, 2.05) is 36.4 Å². The van der Waals surface area contributed by atoms with E-state index >= 15 is 0 Å². The lowest BCUT2D eigenvalue weighted by atomic mass is 10.1. The number of benzene rings is 1. The van der Waals surface area contributed by atoms with Gasteiger partial charge in [0.2, 0.25) is 5.96 Å². The standard InChI is InChI=1S/C13H13N5/c14-12-10-5-1-2-6-11(10)17-13(15)18(12)9-4-3-7-16-8-9/h1-8,12H,14H2,(H2,15,17). The van der Waals surface area contributed by atoms with E-state index in [2.05, 4.69) is 9.98 Å². The summed E-state index contributed by atoms with van der Waals surface area (Å²) in [5.74, 6) is 0.384. The summed E-state index contributed by atoms with van der Waals surface area (Å²) in [5, 5.41) is 0. The SMILES string of the molecule is NC1=Nc2ccccc2C(N)N1c1cccnc1. The number of aliphatic imine (C=N–C) groups is 1. The topological polar surface area (TPSA) is 80.5 Å². The van der Waals surface area contributed by atoms with E-state index in [4.69, 9.17) is 11.5 Å². The van der Waals surface area contributed by atoms with Gasteiger partial charge in [-0.05, 0) is 18.2 Å². The van der Waals surface area contributed by atoms with Gasteiger partial charge in [-0.15, -0.1) is 0 Å². The molecule has 1 aromatic carbocycles. The molecule has 1 aliphatic rings. The fraction of sp³-hybridized carbons (Fsp3) is 0.0769. The summed E-state index contributed by atoms with van der Waals surface area (Å²) in [6.07, 6.45) is 3.08. The van der Waals surface area contributed by atoms with Crippen molar-refractivity contribution in [3.05, 3.63) is 54.4 Å². The van der Waals surface area contributed by atoms with Crippen LogP contribution < -0.4 is 16.4 Å². The van der Waals surface area contributed by atoms with Crippen molar-refractivity contribution in [1.82, 2.24) is 4.98 Å². The van der Waals surface area contributed by atoms with E-state index in [1.165, 1.54) is 0 Å². The number of nitrogens with zero attached hydrogens (tertiary/aromatic N) is 3. The summed E-state index contributed by atoms with van der Waals surface area (Å²) in [6, 6.07) is 11.5. The normalized spacial score (nSPS) is 18.2. The third-order valence-electron chi connectivity index (χ3n) is 2.94. The van der Waals surface area contributed by atoms with Crippen molar-refractivity contribution in [1.29, 1.82) is 0 Å². The van der Waals surface area contributed by atoms with Gasteiger partial charge in [-0.25, -0.2) is 4.99 Å². The Morgan fingerprint density at radius 3 is 2.72 bits per heavy atom. The third kappa shape index (κ3) is 1.61. The second-order valence-corrected chi connectivity index (χ2v) is 4.05. The third-order valence-corrected chi connectivity index (χ3v) is 2.94. The molecule has 0 aliphatic carbocycles. The molecule has 4 N–H and O–H groups in total. The van der Waals surface area contributed by atoms with E-state index in [9.17, 15) is 0 Å². The first-order valence-electron chi connectivity index (χ1n) is 5.65. The van der Waals surface area contributed by atoms with Crippen molar-refractivity contribution < 1.29 is 0 Å². The van der Waals surface area contributed by atoms with Gasteiger partial charge < -0.3 is 11.5 Å². The van der Waals surface area contributed by atoms with Gasteiger partial charge >= 0.3 is 0 Å². The van der Waals surface area contributed by atoms with Crippen LogP contribution in [-0.4, -0.2) is 10.9 Å². The average molecular weight is 239 g/mol. The van der Waals surface area contributed by atoms with Crippen molar-refractivity contribution in [3.8, 4) is 0 Å². The van der Waals surface area contributed by atoms with E-state index in [1.54, 1.807) is 17.3 Å². The molecule has 0 fully saturated rings. The summed E-state index contributed by atoms with van der Waals surface area (Å²) < 4.78 is 0. The van der Waals surface area contributed by atoms with Crippen LogP contribution in [0.4, 0.5) is 11.4 Å². The highest BCUT2D eigenvalue weighted by Gasteiger charge is 2.26. The van der Waals surface area contributed by atoms with Crippen LogP contribution >= 0.6 is 0 Å². The predicted molar refractivity (Wildman–Crippen MR) is 71.4 cm³/mol. The van der Waals surface area contributed by atoms with Gasteiger partial charge in [0.15, 0.2) is 0 Å². The molecule has 1 unspecified atom stereocenters. The quantitative estimate of drug-likeness (QED) is 0.790. The van der Waals surface area contributed by atoms with Crippen LogP contribution in [0.5, 0.6) is 0 Å². The molecule has 0 radical (unpaired) electrons. The van der Waals surface area contributed by atoms with Crippen LogP contribution in [0.3, 0.4) is 0 Å². The Hall–Kier alpha value is -2.40. The van der Waals surface area contributed by atoms with E-state index in [0.717, 1.165) is 16.9 Å². The molecule has 1 atom stereocenters. The molecule has 2 heterocycles. The van der Waals surface area contributed by atoms with Gasteiger partial charge in [-0.1, -0.05) is 18.2 Å². The number of rotatable bonds is 1. The lowest BCUT2D eigenvalue weighted by Gasteiger charge is -2.33. The highest BCUT2D eigenvalue weighted by Crippen LogP contribution is 2.33. The number of anilines is 1. The Bertz CT molecular complexity index is 593. The zero-order valence-corrected chi connectivity index (χ0v) is 9.69. The number of pyridine rings is 1. The first-order valence-corrected chi connectivity index (χ1v) is 5.65. The molecule has 0 saturated carbocycles. The Kier molecular flexibility index (Phi) is 2.46. The number of nitrogens with two attached hydrogens (primary N) is 2. The maximum absolute atomic E-state index is 6.25. The van der Waals surface area contributed by atoms with E-state index < -0.39 is 0 Å². The van der Waals surface area contributed by atoms with Crippen molar-refractivity contribution in [2.45, 2.75) is 6.17 Å². The Morgan fingerprint density at radius 2 is 1.94 bits per heavy atom. The largest absolute Gasteiger partial charge is 0.369 e. The zero-order chi connectivity index (χ0) is 12.5. The first-order chi connectivity index (χ1) is 8.77. The van der Waals surface area contributed by atoms with Crippen LogP contribution in [0.1, 0.15) is 11.7 Å². The molecule has 1 aromatic heterocycles. The Morgan fingerprint density at radius 1 is 1.11 bits per heavy atom. The number of hydrogen-bond donors (Lipinski definition) is 2. The van der Waals surface area contributed by atoms with Crippen LogP contribution in [-0.2, 0) is 0 Å². The molecule has 18 heavy (non-hydrogen) atoms. The van der Waals surface area contributed by atoms with Crippen molar-refractivity contribution in [2.24, 2.45) is 16.5 Å². The van der Waals surface area contributed by atoms with Crippen LogP contribution in [0, 0.1) is 0 Å². The van der Waals surface area contributed by atoms with E-state index in [0.29, 0.717) is 5.96 Å². The van der Waals surface area contributed by atoms with Crippen LogP contribution in [0.15, 0.2) is 53.8 Å². The highest BCUT2D eigenvalue weighted by molar-refractivity contribution is 5.99. The lowest BCUT2D eigenvalue weighted by Crippen LogP contribution is -2.45. The van der Waals surface area contributed by atoms with Gasteiger partial charge in [0.05, 0.1) is 17.6 Å². The molecular weight excluding hydrogens is 226 g/mol. The summed E-state index contributed by atoms with van der Waals surface area (Å²) >= 11 is 0. The molecule has 5 heteroatoms. The second-order valence-electron chi connectivity index (χ2n) is 4.05. The fourth-order valence-corrected chi connectivity index (χ4v) is 2.09. The van der Waals surface area contributed by atoms with Crippen molar-refractivity contribution >= 4 is 17.3 Å². The molecule has 0 spiro atoms. The van der Waals surface area contributed by atoms with Gasteiger partial charge in [-0.3, -0.25) is 9.88 Å². The van der Waals surface area contributed by atoms with Crippen molar-refractivity contribution in [3.63, 3.8) is 0 Å². The molecule has 0 amide bonds. The number of aromatic nitrogens is 1. The Balaban J connectivity index is 2.10. The minimum atomic E-state index is -0.345. The molecule has 0 bridgehead atoms. The van der Waals surface area contributed by atoms with Gasteiger partial charge in [-0.2, -0.15) is 0 Å². The average Bonchev–Trinajstić information content (AvgIpc) is 2.40. The number of fused-ring (bicyclic) bond motifs is 1. The fourth-order valence-electron chi connectivity index (χ4n) is 2.09. The number of para-hydroxylation sites is 1. The minimum absolute atomic E-state index is 0.345. The maximum Gasteiger partial charge on any atom is 0.202 e. The van der Waals surface area contributed by atoms with E-state index in [-0.39, 0.29) is 6.17 Å². The monoisotopic (exact) mass is 239 g/mol. The summed E-state index contributed by atoms with van der Waals surface area (Å²) in [7, 11) is 0. The second kappa shape index (κ2) is 4.12. The maximum atomic E-state index is 6.25. The summed E-state index contributed by atoms with van der Waals surface area (Å²) in [6.45, 7) is 0. The lowest BCUT2D eigenvalue weighted by molar-refractivity contribution is 0.736. The minimum Gasteiger partial charge on any atom is -0.369 e. The summed E-state index contributed by atoms with van der Waals surface area (Å²) in [5.41, 5.74) is 14.8. The van der Waals surface area contributed by atoms with Gasteiger partial charge in [0.25, 0.3) is 0 Å². The molecule has 0 saturated heterocycles. The number of guanidine groups is 1. The number of hydrogen-bond acceptors (Lipinski definition) is 5. The van der Waals surface area contributed by atoms with Crippen LogP contribution in [0.2, 0.25) is 0 Å². The molecule has 90 valence electrons. The van der Waals surface area contributed by atoms with Crippen molar-refractivity contribution in [2.75, 3.05) is 4.90 Å². The zero-order valence-electron chi connectivity index (χ0n) is 9.69. The van der Waals surface area contributed by atoms with Gasteiger partial charge in [0, 0.05) is 11.8 Å². The Labute approximate surface area is 105 Å². The summed E-state index contributed by atoms with van der Waals surface area (Å²) in [4.78, 5) is 10.2.